The monoisotopic (exact) mass is 456 g/mol. The van der Waals surface area contributed by atoms with Gasteiger partial charge in [0.05, 0.1) is 14.4 Å². The van der Waals surface area contributed by atoms with Crippen LogP contribution in [0.2, 0.25) is 0 Å². The predicted octanol–water partition coefficient (Wildman–Crippen LogP) is 5.45. The fourth-order valence-corrected chi connectivity index (χ4v) is 4.02. The smallest absolute Gasteiger partial charge is 0.137 e. The Kier molecular flexibility index (Phi) is 4.99. The SMILES string of the molecule is OC(Cc1ccc(F)c(Br)c1)c1cc(Br)c(Br)s1. The first-order chi connectivity index (χ1) is 8.47. The molecule has 0 saturated heterocycles. The molecule has 0 aliphatic carbocycles. The van der Waals surface area contributed by atoms with E-state index in [4.69, 9.17) is 0 Å². The molecule has 1 nitrogen and oxygen atoms in total. The summed E-state index contributed by atoms with van der Waals surface area (Å²) in [6, 6.07) is 6.65. The second-order valence-corrected chi connectivity index (χ2v) is 7.85. The first-order valence-corrected chi connectivity index (χ1v) is 8.23. The molecule has 1 N–H and O–H groups in total. The Hall–Kier alpha value is 0.250. The summed E-state index contributed by atoms with van der Waals surface area (Å²) in [6.07, 6.45) is -0.131. The van der Waals surface area contributed by atoms with Crippen molar-refractivity contribution < 1.29 is 9.50 Å². The molecular formula is C12H8Br3FOS. The molecular weight excluding hydrogens is 451 g/mol. The van der Waals surface area contributed by atoms with Gasteiger partial charge in [0, 0.05) is 15.8 Å². The molecule has 1 heterocycles. The van der Waals surface area contributed by atoms with Gasteiger partial charge >= 0.3 is 0 Å². The standard InChI is InChI=1S/C12H8Br3FOS/c13-7-3-6(1-2-9(7)16)4-10(17)11-5-8(14)12(15)18-11/h1-3,5,10,17H,4H2. The van der Waals surface area contributed by atoms with E-state index in [9.17, 15) is 9.50 Å². The van der Waals surface area contributed by atoms with Crippen LogP contribution in [0.25, 0.3) is 0 Å². The summed E-state index contributed by atoms with van der Waals surface area (Å²) in [4.78, 5) is 0.870. The van der Waals surface area contributed by atoms with Crippen LogP contribution in [0.4, 0.5) is 4.39 Å². The third kappa shape index (κ3) is 3.42. The Bertz CT molecular complexity index is 551. The molecule has 0 aliphatic heterocycles. The van der Waals surface area contributed by atoms with E-state index in [-0.39, 0.29) is 5.82 Å². The van der Waals surface area contributed by atoms with Gasteiger partial charge in [0.2, 0.25) is 0 Å². The molecule has 0 fully saturated rings. The first-order valence-electron chi connectivity index (χ1n) is 5.04. The maximum Gasteiger partial charge on any atom is 0.137 e. The van der Waals surface area contributed by atoms with Crippen molar-refractivity contribution in [2.24, 2.45) is 0 Å². The number of aliphatic hydroxyl groups is 1. The molecule has 1 aromatic heterocycles. The van der Waals surface area contributed by atoms with Gasteiger partial charge < -0.3 is 5.11 Å². The molecule has 0 bridgehead atoms. The largest absolute Gasteiger partial charge is 0.387 e. The van der Waals surface area contributed by atoms with Crippen molar-refractivity contribution in [2.45, 2.75) is 12.5 Å². The van der Waals surface area contributed by atoms with E-state index < -0.39 is 6.10 Å². The Morgan fingerprint density at radius 3 is 2.44 bits per heavy atom. The van der Waals surface area contributed by atoms with Crippen LogP contribution < -0.4 is 0 Å². The number of benzene rings is 1. The summed E-state index contributed by atoms with van der Waals surface area (Å²) in [6.45, 7) is 0. The molecule has 6 heteroatoms. The van der Waals surface area contributed by atoms with E-state index in [2.05, 4.69) is 47.8 Å². The number of hydrogen-bond acceptors (Lipinski definition) is 2. The van der Waals surface area contributed by atoms with Gasteiger partial charge in [0.25, 0.3) is 0 Å². The number of halogens is 4. The average molecular weight is 459 g/mol. The maximum absolute atomic E-state index is 13.1. The summed E-state index contributed by atoms with van der Waals surface area (Å²) in [5, 5.41) is 10.1. The molecule has 1 atom stereocenters. The highest BCUT2D eigenvalue weighted by atomic mass is 79.9. The van der Waals surface area contributed by atoms with Gasteiger partial charge in [-0.3, -0.25) is 0 Å². The Balaban J connectivity index is 2.15. The average Bonchev–Trinajstić information content (AvgIpc) is 2.65. The van der Waals surface area contributed by atoms with Crippen LogP contribution in [0.15, 0.2) is 37.0 Å². The predicted molar refractivity (Wildman–Crippen MR) is 82.5 cm³/mol. The second kappa shape index (κ2) is 6.13. The van der Waals surface area contributed by atoms with E-state index in [1.54, 1.807) is 12.1 Å². The van der Waals surface area contributed by atoms with E-state index in [0.29, 0.717) is 10.9 Å². The minimum Gasteiger partial charge on any atom is -0.387 e. The normalized spacial score (nSPS) is 12.7. The molecule has 0 saturated carbocycles. The number of rotatable bonds is 3. The highest BCUT2D eigenvalue weighted by Gasteiger charge is 2.14. The summed E-state index contributed by atoms with van der Waals surface area (Å²) in [5.74, 6) is -0.296. The fraction of sp³-hybridized carbons (Fsp3) is 0.167. The molecule has 1 unspecified atom stereocenters. The zero-order valence-corrected chi connectivity index (χ0v) is 14.5. The van der Waals surface area contributed by atoms with Crippen LogP contribution in [-0.4, -0.2) is 5.11 Å². The van der Waals surface area contributed by atoms with Crippen molar-refractivity contribution >= 4 is 59.1 Å². The molecule has 2 rings (SSSR count). The van der Waals surface area contributed by atoms with Crippen LogP contribution in [0.5, 0.6) is 0 Å². The molecule has 2 aromatic rings. The Morgan fingerprint density at radius 1 is 1.17 bits per heavy atom. The van der Waals surface area contributed by atoms with Gasteiger partial charge in [-0.1, -0.05) is 6.07 Å². The van der Waals surface area contributed by atoms with Crippen molar-refractivity contribution in [2.75, 3.05) is 0 Å². The molecule has 0 aliphatic rings. The molecule has 96 valence electrons. The van der Waals surface area contributed by atoms with Gasteiger partial charge in [0.15, 0.2) is 0 Å². The van der Waals surface area contributed by atoms with Crippen LogP contribution >= 0.6 is 59.1 Å². The minimum absolute atomic E-state index is 0.296. The third-order valence-electron chi connectivity index (χ3n) is 2.41. The summed E-state index contributed by atoms with van der Waals surface area (Å²) in [7, 11) is 0. The minimum atomic E-state index is -0.588. The van der Waals surface area contributed by atoms with E-state index in [1.165, 1.54) is 17.4 Å². The molecule has 0 spiro atoms. The number of hydrogen-bond donors (Lipinski definition) is 1. The van der Waals surface area contributed by atoms with Gasteiger partial charge in [-0.05, 0) is 71.6 Å². The van der Waals surface area contributed by atoms with E-state index >= 15 is 0 Å². The van der Waals surface area contributed by atoms with E-state index in [1.807, 2.05) is 6.07 Å². The lowest BCUT2D eigenvalue weighted by Gasteiger charge is -2.09. The zero-order chi connectivity index (χ0) is 13.3. The fourth-order valence-electron chi connectivity index (χ4n) is 1.52. The lowest BCUT2D eigenvalue weighted by Crippen LogP contribution is -1.99. The highest BCUT2D eigenvalue weighted by Crippen LogP contribution is 2.36. The lowest BCUT2D eigenvalue weighted by molar-refractivity contribution is 0.182. The summed E-state index contributed by atoms with van der Waals surface area (Å²) in [5.41, 5.74) is 0.886. The topological polar surface area (TPSA) is 20.2 Å². The van der Waals surface area contributed by atoms with Crippen LogP contribution in [0.1, 0.15) is 16.5 Å². The van der Waals surface area contributed by atoms with Crippen molar-refractivity contribution in [1.82, 2.24) is 0 Å². The van der Waals surface area contributed by atoms with Gasteiger partial charge in [-0.2, -0.15) is 0 Å². The van der Waals surface area contributed by atoms with Crippen LogP contribution in [0.3, 0.4) is 0 Å². The van der Waals surface area contributed by atoms with Gasteiger partial charge in [0.1, 0.15) is 5.82 Å². The Labute approximate surface area is 133 Å². The molecule has 18 heavy (non-hydrogen) atoms. The zero-order valence-electron chi connectivity index (χ0n) is 8.96. The van der Waals surface area contributed by atoms with Crippen molar-refractivity contribution in [1.29, 1.82) is 0 Å². The second-order valence-electron chi connectivity index (χ2n) is 3.74. The number of thiophene rings is 1. The maximum atomic E-state index is 13.1. The van der Waals surface area contributed by atoms with Crippen molar-refractivity contribution in [3.63, 3.8) is 0 Å². The van der Waals surface area contributed by atoms with Crippen molar-refractivity contribution in [3.8, 4) is 0 Å². The van der Waals surface area contributed by atoms with Gasteiger partial charge in [-0.25, -0.2) is 4.39 Å². The van der Waals surface area contributed by atoms with Crippen LogP contribution in [0, 0.1) is 5.82 Å². The Morgan fingerprint density at radius 2 is 1.89 bits per heavy atom. The third-order valence-corrected chi connectivity index (χ3v) is 6.37. The molecule has 0 amide bonds. The van der Waals surface area contributed by atoms with E-state index in [0.717, 1.165) is 18.7 Å². The molecule has 0 radical (unpaired) electrons. The lowest BCUT2D eigenvalue weighted by atomic mass is 10.1. The first kappa shape index (κ1) is 14.7. The highest BCUT2D eigenvalue weighted by molar-refractivity contribution is 9.13. The van der Waals surface area contributed by atoms with Gasteiger partial charge in [-0.15, -0.1) is 11.3 Å². The number of aliphatic hydroxyl groups excluding tert-OH is 1. The molecule has 1 aromatic carbocycles. The quantitative estimate of drug-likeness (QED) is 0.648. The van der Waals surface area contributed by atoms with Crippen LogP contribution in [-0.2, 0) is 6.42 Å². The summed E-state index contributed by atoms with van der Waals surface area (Å²) >= 11 is 11.4. The summed E-state index contributed by atoms with van der Waals surface area (Å²) < 4.78 is 15.4. The van der Waals surface area contributed by atoms with Crippen molar-refractivity contribution in [3.05, 3.63) is 53.3 Å².